The number of carbonyl (C=O) groups excluding carboxylic acids is 2. The van der Waals surface area contributed by atoms with Crippen LogP contribution >= 0.6 is 23.1 Å². The fourth-order valence-electron chi connectivity index (χ4n) is 2.81. The lowest BCUT2D eigenvalue weighted by Gasteiger charge is -2.30. The van der Waals surface area contributed by atoms with Crippen LogP contribution in [0.5, 0.6) is 0 Å². The number of thiazole rings is 1. The molecule has 2 rings (SSSR count). The summed E-state index contributed by atoms with van der Waals surface area (Å²) < 4.78 is 0.818. The van der Waals surface area contributed by atoms with Gasteiger partial charge in [-0.15, -0.1) is 11.3 Å². The second kappa shape index (κ2) is 8.15. The minimum Gasteiger partial charge on any atom is -0.369 e. The van der Waals surface area contributed by atoms with Crippen LogP contribution in [0.1, 0.15) is 50.1 Å². The van der Waals surface area contributed by atoms with Gasteiger partial charge in [0.05, 0.1) is 17.4 Å². The number of rotatable bonds is 6. The number of carbonyl (C=O) groups is 2. The monoisotopic (exact) mass is 355 g/mol. The van der Waals surface area contributed by atoms with Crippen LogP contribution in [0.25, 0.3) is 0 Å². The van der Waals surface area contributed by atoms with E-state index in [0.29, 0.717) is 12.0 Å². The van der Waals surface area contributed by atoms with E-state index in [1.807, 2.05) is 13.8 Å². The molecule has 3 atom stereocenters. The molecule has 0 spiro atoms. The Morgan fingerprint density at radius 2 is 2.13 bits per heavy atom. The Morgan fingerprint density at radius 3 is 2.78 bits per heavy atom. The van der Waals surface area contributed by atoms with Gasteiger partial charge in [0.15, 0.2) is 4.34 Å². The van der Waals surface area contributed by atoms with Crippen LogP contribution in [0, 0.1) is 12.8 Å². The van der Waals surface area contributed by atoms with Gasteiger partial charge in [0, 0.05) is 10.9 Å². The Morgan fingerprint density at radius 1 is 1.43 bits per heavy atom. The van der Waals surface area contributed by atoms with Crippen molar-refractivity contribution in [1.82, 2.24) is 10.3 Å². The van der Waals surface area contributed by atoms with Crippen LogP contribution in [0.4, 0.5) is 0 Å². The molecule has 1 heterocycles. The molecule has 1 aromatic heterocycles. The maximum Gasteiger partial charge on any atom is 0.233 e. The van der Waals surface area contributed by atoms with Crippen LogP contribution in [0.15, 0.2) is 4.34 Å². The number of thioether (sulfide) groups is 1. The highest BCUT2D eigenvalue weighted by molar-refractivity contribution is 8.02. The van der Waals surface area contributed by atoms with Crippen LogP contribution in [0.2, 0.25) is 0 Å². The number of nitrogens with zero attached hydrogens (tertiary/aromatic N) is 1. The molecule has 0 saturated heterocycles. The fraction of sp³-hybridized carbons (Fsp3) is 0.688. The quantitative estimate of drug-likeness (QED) is 0.768. The van der Waals surface area contributed by atoms with E-state index in [-0.39, 0.29) is 23.5 Å². The van der Waals surface area contributed by atoms with E-state index in [4.69, 9.17) is 5.73 Å². The molecule has 128 valence electrons. The first-order valence-electron chi connectivity index (χ1n) is 8.08. The molecule has 1 aromatic rings. The number of hydrogen-bond acceptors (Lipinski definition) is 5. The van der Waals surface area contributed by atoms with Gasteiger partial charge in [-0.3, -0.25) is 9.59 Å². The molecule has 5 nitrogen and oxygen atoms in total. The first-order valence-corrected chi connectivity index (χ1v) is 9.78. The van der Waals surface area contributed by atoms with E-state index in [2.05, 4.69) is 17.2 Å². The van der Waals surface area contributed by atoms with Crippen molar-refractivity contribution >= 4 is 34.9 Å². The number of nitrogens with two attached hydrogens (primary N) is 1. The Hall–Kier alpha value is -1.08. The Labute approximate surface area is 145 Å². The molecule has 0 aliphatic heterocycles. The topological polar surface area (TPSA) is 85.1 Å². The van der Waals surface area contributed by atoms with E-state index in [0.717, 1.165) is 21.3 Å². The van der Waals surface area contributed by atoms with Crippen molar-refractivity contribution in [3.8, 4) is 0 Å². The zero-order valence-electron chi connectivity index (χ0n) is 13.9. The Bertz CT molecular complexity index is 574. The summed E-state index contributed by atoms with van der Waals surface area (Å²) in [5.74, 6) is 0.262. The number of primary amides is 1. The molecule has 2 amide bonds. The van der Waals surface area contributed by atoms with E-state index in [9.17, 15) is 9.59 Å². The summed E-state index contributed by atoms with van der Waals surface area (Å²) in [6.07, 6.45) is 4.93. The molecule has 1 aliphatic rings. The van der Waals surface area contributed by atoms with Crippen molar-refractivity contribution in [3.05, 3.63) is 10.6 Å². The number of hydrogen-bond donors (Lipinski definition) is 2. The van der Waals surface area contributed by atoms with Gasteiger partial charge in [-0.2, -0.15) is 0 Å². The van der Waals surface area contributed by atoms with Gasteiger partial charge in [-0.25, -0.2) is 4.98 Å². The zero-order valence-corrected chi connectivity index (χ0v) is 15.6. The fourth-order valence-corrected chi connectivity index (χ4v) is 5.21. The minimum atomic E-state index is -0.356. The predicted molar refractivity (Wildman–Crippen MR) is 94.6 cm³/mol. The lowest BCUT2D eigenvalue weighted by Crippen LogP contribution is -2.44. The number of aromatic nitrogens is 1. The van der Waals surface area contributed by atoms with Gasteiger partial charge in [0.2, 0.25) is 11.8 Å². The smallest absolute Gasteiger partial charge is 0.233 e. The van der Waals surface area contributed by atoms with Crippen molar-refractivity contribution in [2.45, 2.75) is 68.5 Å². The zero-order chi connectivity index (χ0) is 17.0. The van der Waals surface area contributed by atoms with Crippen molar-refractivity contribution < 1.29 is 9.59 Å². The van der Waals surface area contributed by atoms with Gasteiger partial charge in [0.25, 0.3) is 0 Å². The van der Waals surface area contributed by atoms with Gasteiger partial charge in [-0.05, 0) is 32.6 Å². The van der Waals surface area contributed by atoms with Gasteiger partial charge < -0.3 is 11.1 Å². The average molecular weight is 356 g/mol. The first kappa shape index (κ1) is 18.3. The SMILES string of the molecule is Cc1nc(S[C@H](C)C(=O)N[C@@H]2CCCC[C@H]2C)sc1CC(N)=O. The highest BCUT2D eigenvalue weighted by atomic mass is 32.2. The lowest BCUT2D eigenvalue weighted by molar-refractivity contribution is -0.121. The van der Waals surface area contributed by atoms with Crippen molar-refractivity contribution in [3.63, 3.8) is 0 Å². The normalized spacial score (nSPS) is 22.6. The molecule has 0 unspecified atom stereocenters. The molecule has 1 aliphatic carbocycles. The average Bonchev–Trinajstić information content (AvgIpc) is 2.80. The molecular formula is C16H25N3O2S2. The standard InChI is InChI=1S/C16H25N3O2S2/c1-9-6-4-5-7-12(9)19-15(21)11(3)22-16-18-10(2)13(23-16)8-14(17)20/h9,11-12H,4-8H2,1-3H3,(H2,17,20)(H,19,21)/t9-,11-,12-/m1/s1. The molecule has 0 radical (unpaired) electrons. The van der Waals surface area contributed by atoms with Crippen molar-refractivity contribution in [2.24, 2.45) is 11.7 Å². The molecule has 7 heteroatoms. The second-order valence-electron chi connectivity index (χ2n) is 6.27. The summed E-state index contributed by atoms with van der Waals surface area (Å²) in [5.41, 5.74) is 6.06. The van der Waals surface area contributed by atoms with Crippen LogP contribution in [-0.2, 0) is 16.0 Å². The number of nitrogens with one attached hydrogen (secondary N) is 1. The summed E-state index contributed by atoms with van der Waals surface area (Å²) in [6.45, 7) is 5.98. The minimum absolute atomic E-state index is 0.0676. The first-order chi connectivity index (χ1) is 10.9. The Balaban J connectivity index is 1.91. The summed E-state index contributed by atoms with van der Waals surface area (Å²) >= 11 is 2.90. The third-order valence-electron chi connectivity index (χ3n) is 4.29. The highest BCUT2D eigenvalue weighted by Gasteiger charge is 2.25. The molecule has 0 bridgehead atoms. The molecular weight excluding hydrogens is 330 g/mol. The van der Waals surface area contributed by atoms with Gasteiger partial charge >= 0.3 is 0 Å². The van der Waals surface area contributed by atoms with Crippen LogP contribution in [-0.4, -0.2) is 28.1 Å². The van der Waals surface area contributed by atoms with Crippen LogP contribution in [0.3, 0.4) is 0 Å². The van der Waals surface area contributed by atoms with E-state index in [1.54, 1.807) is 0 Å². The third-order valence-corrected chi connectivity index (χ3v) is 6.65. The van der Waals surface area contributed by atoms with Gasteiger partial charge in [-0.1, -0.05) is 31.5 Å². The van der Waals surface area contributed by atoms with E-state index in [1.165, 1.54) is 42.4 Å². The molecule has 1 fully saturated rings. The van der Waals surface area contributed by atoms with E-state index >= 15 is 0 Å². The van der Waals surface area contributed by atoms with Gasteiger partial charge in [0.1, 0.15) is 0 Å². The predicted octanol–water partition coefficient (Wildman–Crippen LogP) is 2.65. The van der Waals surface area contributed by atoms with E-state index < -0.39 is 0 Å². The number of aryl methyl sites for hydroxylation is 1. The summed E-state index contributed by atoms with van der Waals surface area (Å²) in [4.78, 5) is 28.8. The summed E-state index contributed by atoms with van der Waals surface area (Å²) in [7, 11) is 0. The Kier molecular flexibility index (Phi) is 6.47. The lowest BCUT2D eigenvalue weighted by atomic mass is 9.86. The van der Waals surface area contributed by atoms with Crippen molar-refractivity contribution in [1.29, 1.82) is 0 Å². The second-order valence-corrected chi connectivity index (χ2v) is 8.94. The largest absolute Gasteiger partial charge is 0.369 e. The number of amides is 2. The summed E-state index contributed by atoms with van der Waals surface area (Å²) in [5, 5.41) is 2.99. The molecule has 0 aromatic carbocycles. The highest BCUT2D eigenvalue weighted by Crippen LogP contribution is 2.31. The molecule has 23 heavy (non-hydrogen) atoms. The molecule has 3 N–H and O–H groups in total. The van der Waals surface area contributed by atoms with Crippen molar-refractivity contribution in [2.75, 3.05) is 0 Å². The maximum absolute atomic E-state index is 12.4. The summed E-state index contributed by atoms with van der Waals surface area (Å²) in [6, 6.07) is 0.294. The third kappa shape index (κ3) is 5.21. The maximum atomic E-state index is 12.4. The molecule has 1 saturated carbocycles. The van der Waals surface area contributed by atoms with Crippen LogP contribution < -0.4 is 11.1 Å².